The van der Waals surface area contributed by atoms with Gasteiger partial charge in [0, 0.05) is 0 Å². The summed E-state index contributed by atoms with van der Waals surface area (Å²) < 4.78 is 92.7. The average Bonchev–Trinajstić information content (AvgIpc) is 3.28. The van der Waals surface area contributed by atoms with Crippen LogP contribution in [0.4, 0.5) is 23.2 Å². The van der Waals surface area contributed by atoms with Crippen LogP contribution in [0.2, 0.25) is 0 Å². The molecular formula is C22H19F4N5O6S. The van der Waals surface area contributed by atoms with Crippen molar-refractivity contribution in [1.82, 2.24) is 10.1 Å². The van der Waals surface area contributed by atoms with Gasteiger partial charge in [-0.2, -0.15) is 4.98 Å². The van der Waals surface area contributed by atoms with Crippen molar-refractivity contribution < 1.29 is 44.8 Å². The first-order valence-corrected chi connectivity index (χ1v) is 12.6. The molecule has 0 radical (unpaired) electrons. The summed E-state index contributed by atoms with van der Waals surface area (Å²) in [5, 5.41) is 3.74. The molecule has 5 rings (SSSR count). The lowest BCUT2D eigenvalue weighted by Gasteiger charge is -2.33. The van der Waals surface area contributed by atoms with Gasteiger partial charge < -0.3 is 30.4 Å². The number of sulfone groups is 1. The monoisotopic (exact) mass is 557 g/mol. The summed E-state index contributed by atoms with van der Waals surface area (Å²) in [4.78, 5) is 17.8. The number of aromatic nitrogens is 2. The molecule has 1 atom stereocenters. The van der Waals surface area contributed by atoms with Gasteiger partial charge in [0.25, 0.3) is 5.89 Å². The second-order valence-electron chi connectivity index (χ2n) is 8.88. The Kier molecular flexibility index (Phi) is 6.17. The van der Waals surface area contributed by atoms with Crippen LogP contribution in [0.1, 0.15) is 11.5 Å². The molecule has 1 saturated heterocycles. The third-order valence-electron chi connectivity index (χ3n) is 5.97. The molecule has 0 spiro atoms. The number of carbonyl (C=O) groups excluding carboxylic acids is 1. The summed E-state index contributed by atoms with van der Waals surface area (Å²) in [5.41, 5.74) is 10.7. The highest BCUT2D eigenvalue weighted by Gasteiger charge is 2.42. The van der Waals surface area contributed by atoms with E-state index in [1.165, 1.54) is 12.1 Å². The second-order valence-corrected chi connectivity index (χ2v) is 10.9. The number of rotatable bonds is 5. The number of fused-ring (bicyclic) bond motifs is 1. The fourth-order valence-corrected chi connectivity index (χ4v) is 5.58. The topological polar surface area (TPSA) is 164 Å². The molecule has 16 heteroatoms. The molecule has 3 aromatic rings. The van der Waals surface area contributed by atoms with Crippen LogP contribution < -0.4 is 21.1 Å². The Morgan fingerprint density at radius 1 is 1.18 bits per heavy atom. The van der Waals surface area contributed by atoms with E-state index in [2.05, 4.69) is 14.9 Å². The SMILES string of the molecule is N[C@H]1CS(=O)(=O)c2cc(F)c(-c3noc(C4(N)COC4)n3)cc2N(Cc2ccc(OC(F)(F)F)cc2)C1=O. The molecule has 202 valence electrons. The van der Waals surface area contributed by atoms with E-state index in [1.807, 2.05) is 0 Å². The highest BCUT2D eigenvalue weighted by molar-refractivity contribution is 7.91. The van der Waals surface area contributed by atoms with Crippen LogP contribution in [-0.2, 0) is 31.5 Å². The summed E-state index contributed by atoms with van der Waals surface area (Å²) in [7, 11) is -4.22. The molecule has 0 saturated carbocycles. The zero-order chi connectivity index (χ0) is 27.5. The Hall–Kier alpha value is -3.60. The van der Waals surface area contributed by atoms with Crippen LogP contribution in [0.3, 0.4) is 0 Å². The molecule has 38 heavy (non-hydrogen) atoms. The minimum Gasteiger partial charge on any atom is -0.406 e. The molecule has 11 nitrogen and oxygen atoms in total. The van der Waals surface area contributed by atoms with Crippen LogP contribution in [-0.4, -0.2) is 55.8 Å². The molecule has 0 unspecified atom stereocenters. The maximum atomic E-state index is 15.2. The zero-order valence-electron chi connectivity index (χ0n) is 19.2. The van der Waals surface area contributed by atoms with Crippen molar-refractivity contribution in [3.8, 4) is 17.1 Å². The fraction of sp³-hybridized carbons (Fsp3) is 0.318. The van der Waals surface area contributed by atoms with E-state index in [0.717, 1.165) is 29.2 Å². The molecule has 0 bridgehead atoms. The molecule has 4 N–H and O–H groups in total. The van der Waals surface area contributed by atoms with Gasteiger partial charge in [-0.05, 0) is 29.8 Å². The molecule has 2 aliphatic rings. The zero-order valence-corrected chi connectivity index (χ0v) is 20.1. The molecule has 2 aromatic carbocycles. The normalized spacial score (nSPS) is 20.4. The number of carbonyl (C=O) groups is 1. The van der Waals surface area contributed by atoms with Crippen LogP contribution >= 0.6 is 0 Å². The summed E-state index contributed by atoms with van der Waals surface area (Å²) in [6.07, 6.45) is -4.90. The van der Waals surface area contributed by atoms with Crippen LogP contribution in [0, 0.1) is 5.82 Å². The van der Waals surface area contributed by atoms with E-state index in [-0.39, 0.29) is 42.7 Å². The smallest absolute Gasteiger partial charge is 0.406 e. The van der Waals surface area contributed by atoms with Gasteiger partial charge in [0.15, 0.2) is 9.84 Å². The van der Waals surface area contributed by atoms with Gasteiger partial charge in [-0.3, -0.25) is 4.79 Å². The summed E-state index contributed by atoms with van der Waals surface area (Å²) in [6, 6.07) is 4.92. The third-order valence-corrected chi connectivity index (χ3v) is 7.76. The van der Waals surface area contributed by atoms with E-state index in [1.54, 1.807) is 0 Å². The van der Waals surface area contributed by atoms with Crippen molar-refractivity contribution >= 4 is 21.4 Å². The molecule has 1 amide bonds. The predicted octanol–water partition coefficient (Wildman–Crippen LogP) is 1.61. The minimum absolute atomic E-state index is 0.0168. The Bertz CT molecular complexity index is 1510. The van der Waals surface area contributed by atoms with Gasteiger partial charge in [-0.25, -0.2) is 12.8 Å². The third kappa shape index (κ3) is 4.82. The van der Waals surface area contributed by atoms with E-state index >= 15 is 4.39 Å². The number of nitrogens with two attached hydrogens (primary N) is 2. The van der Waals surface area contributed by atoms with Gasteiger partial charge in [0.2, 0.25) is 11.7 Å². The first-order chi connectivity index (χ1) is 17.8. The van der Waals surface area contributed by atoms with E-state index in [0.29, 0.717) is 5.56 Å². The highest BCUT2D eigenvalue weighted by Crippen LogP contribution is 2.37. The number of anilines is 1. The summed E-state index contributed by atoms with van der Waals surface area (Å²) in [6.45, 7) is -0.0911. The van der Waals surface area contributed by atoms with E-state index in [9.17, 15) is 26.4 Å². The molecule has 1 fully saturated rings. The average molecular weight is 557 g/mol. The number of hydrogen-bond donors (Lipinski definition) is 2. The summed E-state index contributed by atoms with van der Waals surface area (Å²) >= 11 is 0. The largest absolute Gasteiger partial charge is 0.573 e. The Morgan fingerprint density at radius 3 is 2.47 bits per heavy atom. The number of alkyl halides is 3. The van der Waals surface area contributed by atoms with Crippen LogP contribution in [0.25, 0.3) is 11.4 Å². The quantitative estimate of drug-likeness (QED) is 0.441. The van der Waals surface area contributed by atoms with Gasteiger partial charge in [0.1, 0.15) is 17.1 Å². The molecule has 2 aliphatic heterocycles. The first kappa shape index (κ1) is 26.0. The number of halogens is 4. The van der Waals surface area contributed by atoms with Gasteiger partial charge in [-0.1, -0.05) is 17.3 Å². The Labute approximate surface area is 212 Å². The van der Waals surface area contributed by atoms with Gasteiger partial charge >= 0.3 is 6.36 Å². The van der Waals surface area contributed by atoms with Crippen LogP contribution in [0.5, 0.6) is 5.75 Å². The Morgan fingerprint density at radius 2 is 1.87 bits per heavy atom. The van der Waals surface area contributed by atoms with Crippen LogP contribution in [0.15, 0.2) is 45.8 Å². The van der Waals surface area contributed by atoms with E-state index < -0.39 is 55.9 Å². The van der Waals surface area contributed by atoms with Gasteiger partial charge in [0.05, 0.1) is 47.7 Å². The van der Waals surface area contributed by atoms with Crippen molar-refractivity contribution in [1.29, 1.82) is 0 Å². The van der Waals surface area contributed by atoms with Gasteiger partial charge in [-0.15, -0.1) is 13.2 Å². The number of benzene rings is 2. The standard InChI is InChI=1S/C22H19F4N5O6S/c23-14-6-17-16(5-13(14)18-29-20(37-30-18)21(28)9-35-10-21)31(19(32)15(27)8-38(17,33)34)7-11-1-3-12(4-2-11)36-22(24,25)26/h1-6,15H,7-10,27-28H2/t15-/m0/s1. The lowest BCUT2D eigenvalue weighted by Crippen LogP contribution is -2.54. The lowest BCUT2D eigenvalue weighted by molar-refractivity contribution is -0.274. The van der Waals surface area contributed by atoms with Crippen molar-refractivity contribution in [3.63, 3.8) is 0 Å². The number of hydrogen-bond acceptors (Lipinski definition) is 10. The fourth-order valence-electron chi connectivity index (χ4n) is 4.01. The Balaban J connectivity index is 1.56. The molecule has 3 heterocycles. The molecule has 1 aromatic heterocycles. The number of amides is 1. The molecule has 0 aliphatic carbocycles. The number of ether oxygens (including phenoxy) is 2. The lowest BCUT2D eigenvalue weighted by atomic mass is 9.99. The summed E-state index contributed by atoms with van der Waals surface area (Å²) in [5.74, 6) is -3.35. The van der Waals surface area contributed by atoms with E-state index in [4.69, 9.17) is 20.7 Å². The van der Waals surface area contributed by atoms with Crippen molar-refractivity contribution in [2.24, 2.45) is 11.5 Å². The second kappa shape index (κ2) is 9.00. The number of nitrogens with zero attached hydrogens (tertiary/aromatic N) is 3. The van der Waals surface area contributed by atoms with Crippen molar-refractivity contribution in [3.05, 3.63) is 53.7 Å². The van der Waals surface area contributed by atoms with Crippen molar-refractivity contribution in [2.45, 2.75) is 29.4 Å². The predicted molar refractivity (Wildman–Crippen MR) is 121 cm³/mol. The maximum absolute atomic E-state index is 15.2. The highest BCUT2D eigenvalue weighted by atomic mass is 32.2. The first-order valence-electron chi connectivity index (χ1n) is 10.9. The molecular weight excluding hydrogens is 538 g/mol. The minimum atomic E-state index is -4.90. The van der Waals surface area contributed by atoms with Crippen molar-refractivity contribution in [2.75, 3.05) is 23.9 Å². The maximum Gasteiger partial charge on any atom is 0.573 e.